The second-order valence-corrected chi connectivity index (χ2v) is 9.28. The largest absolute Gasteiger partial charge is 0.283 e. The fraction of sp³-hybridized carbons (Fsp3) is 0.333. The third-order valence-corrected chi connectivity index (χ3v) is 6.59. The predicted octanol–water partition coefficient (Wildman–Crippen LogP) is 2.28. The van der Waals surface area contributed by atoms with Crippen LogP contribution < -0.4 is 4.72 Å². The number of hydrogen-bond donors (Lipinski definition) is 1. The van der Waals surface area contributed by atoms with E-state index < -0.39 is 19.1 Å². The second-order valence-electron chi connectivity index (χ2n) is 3.93. The molecule has 2 rings (SSSR count). The zero-order chi connectivity index (χ0) is 13.6. The summed E-state index contributed by atoms with van der Waals surface area (Å²) in [5.41, 5.74) is 0.304. The van der Waals surface area contributed by atoms with Crippen LogP contribution in [0.1, 0.15) is 12.8 Å². The Bertz CT molecular complexity index is 683. The molecular formula is C9H9BrClNO4S2. The highest BCUT2D eigenvalue weighted by Crippen LogP contribution is 2.32. The van der Waals surface area contributed by atoms with Crippen molar-refractivity contribution in [3.05, 3.63) is 22.7 Å². The fourth-order valence-electron chi connectivity index (χ4n) is 1.39. The molecule has 1 aromatic rings. The van der Waals surface area contributed by atoms with E-state index in [9.17, 15) is 16.8 Å². The number of sulfonamides is 1. The van der Waals surface area contributed by atoms with Crippen LogP contribution in [0.2, 0.25) is 0 Å². The Labute approximate surface area is 118 Å². The lowest BCUT2D eigenvalue weighted by Crippen LogP contribution is -2.17. The van der Waals surface area contributed by atoms with E-state index in [0.29, 0.717) is 18.5 Å². The van der Waals surface area contributed by atoms with Crippen molar-refractivity contribution in [3.63, 3.8) is 0 Å². The van der Waals surface area contributed by atoms with Gasteiger partial charge < -0.3 is 0 Å². The van der Waals surface area contributed by atoms with Crippen molar-refractivity contribution in [1.29, 1.82) is 0 Å². The average Bonchev–Trinajstić information content (AvgIpc) is 2.97. The molecule has 0 heterocycles. The van der Waals surface area contributed by atoms with Crippen LogP contribution in [-0.4, -0.2) is 22.1 Å². The van der Waals surface area contributed by atoms with E-state index in [-0.39, 0.29) is 14.6 Å². The van der Waals surface area contributed by atoms with Crippen LogP contribution >= 0.6 is 26.6 Å². The highest BCUT2D eigenvalue weighted by molar-refractivity contribution is 9.10. The lowest BCUT2D eigenvalue weighted by atomic mass is 10.3. The first-order valence-electron chi connectivity index (χ1n) is 4.96. The van der Waals surface area contributed by atoms with Gasteiger partial charge in [-0.05, 0) is 47.0 Å². The van der Waals surface area contributed by atoms with Crippen LogP contribution in [-0.2, 0) is 19.1 Å². The van der Waals surface area contributed by atoms with E-state index in [4.69, 9.17) is 10.7 Å². The maximum atomic E-state index is 11.7. The van der Waals surface area contributed by atoms with E-state index in [1.165, 1.54) is 18.2 Å². The molecular weight excluding hydrogens is 366 g/mol. The molecule has 1 aliphatic carbocycles. The van der Waals surface area contributed by atoms with E-state index in [1.807, 2.05) is 0 Å². The molecule has 9 heteroatoms. The Kier molecular flexibility index (Phi) is 3.65. The molecule has 1 aliphatic rings. The van der Waals surface area contributed by atoms with E-state index in [0.717, 1.165) is 0 Å². The summed E-state index contributed by atoms with van der Waals surface area (Å²) in [6.07, 6.45) is 1.31. The fourth-order valence-corrected chi connectivity index (χ4v) is 4.99. The molecule has 0 spiro atoms. The first-order chi connectivity index (χ1) is 8.20. The van der Waals surface area contributed by atoms with Crippen LogP contribution in [0.25, 0.3) is 0 Å². The first-order valence-corrected chi connectivity index (χ1v) is 9.61. The van der Waals surface area contributed by atoms with E-state index >= 15 is 0 Å². The highest BCUT2D eigenvalue weighted by Gasteiger charge is 2.35. The first kappa shape index (κ1) is 14.1. The van der Waals surface area contributed by atoms with Crippen molar-refractivity contribution >= 4 is 51.4 Å². The van der Waals surface area contributed by atoms with E-state index in [1.54, 1.807) is 0 Å². The van der Waals surface area contributed by atoms with Gasteiger partial charge in [-0.1, -0.05) is 0 Å². The Hall–Kier alpha value is -0.310. The average molecular weight is 375 g/mol. The van der Waals surface area contributed by atoms with Gasteiger partial charge in [0.1, 0.15) is 0 Å². The molecule has 0 aliphatic heterocycles. The maximum Gasteiger partial charge on any atom is 0.262 e. The molecule has 0 radical (unpaired) electrons. The van der Waals surface area contributed by atoms with Crippen molar-refractivity contribution in [2.75, 3.05) is 4.72 Å². The van der Waals surface area contributed by atoms with E-state index in [2.05, 4.69) is 20.7 Å². The molecule has 1 fully saturated rings. The molecule has 5 nitrogen and oxygen atoms in total. The van der Waals surface area contributed by atoms with Gasteiger partial charge in [0.05, 0.1) is 10.1 Å². The SMILES string of the molecule is O=S(=O)(Cl)c1ccc(NS(=O)(=O)C2CC2)cc1Br. The van der Waals surface area contributed by atoms with Gasteiger partial charge in [-0.15, -0.1) is 0 Å². The van der Waals surface area contributed by atoms with Gasteiger partial charge in [0.25, 0.3) is 9.05 Å². The Morgan fingerprint density at radius 2 is 1.83 bits per heavy atom. The van der Waals surface area contributed by atoms with Gasteiger partial charge in [0, 0.05) is 20.8 Å². The molecule has 0 unspecified atom stereocenters. The van der Waals surface area contributed by atoms with Crippen molar-refractivity contribution in [3.8, 4) is 0 Å². The minimum atomic E-state index is -3.85. The summed E-state index contributed by atoms with van der Waals surface area (Å²) < 4.78 is 48.3. The second kappa shape index (κ2) is 4.66. The highest BCUT2D eigenvalue weighted by atomic mass is 79.9. The molecule has 1 aromatic carbocycles. The van der Waals surface area contributed by atoms with Gasteiger partial charge in [-0.3, -0.25) is 4.72 Å². The minimum Gasteiger partial charge on any atom is -0.283 e. The molecule has 0 aromatic heterocycles. The van der Waals surface area contributed by atoms with Gasteiger partial charge >= 0.3 is 0 Å². The molecule has 18 heavy (non-hydrogen) atoms. The zero-order valence-corrected chi connectivity index (χ0v) is 12.9. The lowest BCUT2D eigenvalue weighted by molar-refractivity contribution is 0.600. The lowest BCUT2D eigenvalue weighted by Gasteiger charge is -2.08. The molecule has 0 saturated heterocycles. The molecule has 0 bridgehead atoms. The van der Waals surface area contributed by atoms with Gasteiger partial charge in [-0.25, -0.2) is 16.8 Å². The van der Waals surface area contributed by atoms with Gasteiger partial charge in [-0.2, -0.15) is 0 Å². The van der Waals surface area contributed by atoms with Crippen LogP contribution in [0.4, 0.5) is 5.69 Å². The predicted molar refractivity (Wildman–Crippen MR) is 72.7 cm³/mol. The zero-order valence-electron chi connectivity index (χ0n) is 8.93. The smallest absolute Gasteiger partial charge is 0.262 e. The third kappa shape index (κ3) is 3.17. The number of halogens is 2. The third-order valence-electron chi connectivity index (χ3n) is 2.42. The Morgan fingerprint density at radius 3 is 2.28 bits per heavy atom. The number of hydrogen-bond acceptors (Lipinski definition) is 4. The monoisotopic (exact) mass is 373 g/mol. The van der Waals surface area contributed by atoms with Gasteiger partial charge in [0.2, 0.25) is 10.0 Å². The normalized spacial score (nSPS) is 16.6. The number of anilines is 1. The van der Waals surface area contributed by atoms with Crippen molar-refractivity contribution < 1.29 is 16.8 Å². The Morgan fingerprint density at radius 1 is 1.22 bits per heavy atom. The van der Waals surface area contributed by atoms with Crippen molar-refractivity contribution in [2.45, 2.75) is 23.0 Å². The number of rotatable bonds is 4. The quantitative estimate of drug-likeness (QED) is 0.820. The summed E-state index contributed by atoms with van der Waals surface area (Å²) in [4.78, 5) is -0.0986. The van der Waals surface area contributed by atoms with Crippen LogP contribution in [0, 0.1) is 0 Å². The molecule has 0 atom stereocenters. The number of benzene rings is 1. The summed E-state index contributed by atoms with van der Waals surface area (Å²) in [7, 11) is -2.00. The van der Waals surface area contributed by atoms with Crippen molar-refractivity contribution in [1.82, 2.24) is 0 Å². The van der Waals surface area contributed by atoms with Crippen molar-refractivity contribution in [2.24, 2.45) is 0 Å². The molecule has 0 amide bonds. The summed E-state index contributed by atoms with van der Waals surface area (Å²) in [5, 5.41) is -0.340. The maximum absolute atomic E-state index is 11.7. The Balaban J connectivity index is 2.30. The van der Waals surface area contributed by atoms with Crippen LogP contribution in [0.15, 0.2) is 27.6 Å². The van der Waals surface area contributed by atoms with Crippen LogP contribution in [0.5, 0.6) is 0 Å². The standard InChI is InChI=1S/C9H9BrClNO4S2/c10-8-5-6(1-4-9(8)17(11,13)14)12-18(15,16)7-2-3-7/h1,4-5,7,12H,2-3H2. The van der Waals surface area contributed by atoms with Gasteiger partial charge in [0.15, 0.2) is 0 Å². The summed E-state index contributed by atoms with van der Waals surface area (Å²) in [5.74, 6) is 0. The molecule has 1 N–H and O–H groups in total. The summed E-state index contributed by atoms with van der Waals surface area (Å²) in [6.45, 7) is 0. The summed E-state index contributed by atoms with van der Waals surface area (Å²) >= 11 is 3.04. The minimum absolute atomic E-state index is 0.0986. The summed E-state index contributed by atoms with van der Waals surface area (Å²) in [6, 6.07) is 3.98. The molecule has 1 saturated carbocycles. The van der Waals surface area contributed by atoms with Crippen LogP contribution in [0.3, 0.4) is 0 Å². The molecule has 100 valence electrons. The topological polar surface area (TPSA) is 80.3 Å². The number of nitrogens with one attached hydrogen (secondary N) is 1.